The lowest BCUT2D eigenvalue weighted by Gasteiger charge is -2.33. The highest BCUT2D eigenvalue weighted by Crippen LogP contribution is 2.33. The van der Waals surface area contributed by atoms with E-state index < -0.39 is 0 Å². The first-order valence-corrected chi connectivity index (χ1v) is 11.1. The van der Waals surface area contributed by atoms with Crippen molar-refractivity contribution in [2.45, 2.75) is 75.9 Å². The van der Waals surface area contributed by atoms with E-state index in [1.807, 2.05) is 23.1 Å². The third-order valence-corrected chi connectivity index (χ3v) is 6.84. The molecule has 1 aliphatic carbocycles. The van der Waals surface area contributed by atoms with Crippen LogP contribution in [0.1, 0.15) is 56.9 Å². The van der Waals surface area contributed by atoms with Crippen LogP contribution in [0.4, 0.5) is 0 Å². The number of carbonyl (C=O) groups is 2. The van der Waals surface area contributed by atoms with Crippen LogP contribution in [0.25, 0.3) is 0 Å². The molecule has 3 fully saturated rings. The van der Waals surface area contributed by atoms with Crippen LogP contribution in [0.2, 0.25) is 0 Å². The number of piperidine rings is 1. The number of rotatable bonds is 5. The smallest absolute Gasteiger partial charge is 0.237 e. The molecule has 6 heteroatoms. The summed E-state index contributed by atoms with van der Waals surface area (Å²) in [6.45, 7) is 1.50. The summed E-state index contributed by atoms with van der Waals surface area (Å²) in [5.74, 6) is 1.09. The number of nitrogens with one attached hydrogen (secondary N) is 2. The van der Waals surface area contributed by atoms with Crippen molar-refractivity contribution in [3.05, 3.63) is 35.9 Å². The number of hydrogen-bond donors (Lipinski definition) is 2. The van der Waals surface area contributed by atoms with Crippen LogP contribution in [-0.4, -0.2) is 47.9 Å². The molecule has 29 heavy (non-hydrogen) atoms. The van der Waals surface area contributed by atoms with Crippen LogP contribution in [0.3, 0.4) is 0 Å². The minimum Gasteiger partial charge on any atom is -0.352 e. The zero-order valence-corrected chi connectivity index (χ0v) is 18.0. The topological polar surface area (TPSA) is 61.4 Å². The molecular formula is C23H34ClN3O2. The molecule has 2 aliphatic heterocycles. The monoisotopic (exact) mass is 419 g/mol. The molecule has 3 aliphatic rings. The number of amides is 2. The molecular weight excluding hydrogens is 386 g/mol. The van der Waals surface area contributed by atoms with E-state index in [2.05, 4.69) is 22.8 Å². The van der Waals surface area contributed by atoms with Gasteiger partial charge in [-0.25, -0.2) is 0 Å². The summed E-state index contributed by atoms with van der Waals surface area (Å²) >= 11 is 0. The molecule has 5 nitrogen and oxygen atoms in total. The van der Waals surface area contributed by atoms with Crippen LogP contribution >= 0.6 is 12.4 Å². The van der Waals surface area contributed by atoms with Crippen molar-refractivity contribution in [1.82, 2.24) is 15.5 Å². The molecule has 2 saturated heterocycles. The lowest BCUT2D eigenvalue weighted by Crippen LogP contribution is -2.51. The Morgan fingerprint density at radius 2 is 1.76 bits per heavy atom. The van der Waals surface area contributed by atoms with Crippen LogP contribution in [0.5, 0.6) is 0 Å². The van der Waals surface area contributed by atoms with Gasteiger partial charge in [0.2, 0.25) is 11.8 Å². The maximum Gasteiger partial charge on any atom is 0.237 e. The Morgan fingerprint density at radius 3 is 2.48 bits per heavy atom. The van der Waals surface area contributed by atoms with Gasteiger partial charge in [0.25, 0.3) is 0 Å². The first kappa shape index (κ1) is 22.1. The molecule has 160 valence electrons. The summed E-state index contributed by atoms with van der Waals surface area (Å²) in [7, 11) is 0. The molecule has 0 spiro atoms. The van der Waals surface area contributed by atoms with Crippen molar-refractivity contribution in [2.75, 3.05) is 13.1 Å². The fraction of sp³-hybridized carbons (Fsp3) is 0.652. The summed E-state index contributed by atoms with van der Waals surface area (Å²) < 4.78 is 0. The van der Waals surface area contributed by atoms with E-state index in [-0.39, 0.29) is 36.3 Å². The quantitative estimate of drug-likeness (QED) is 0.771. The van der Waals surface area contributed by atoms with Gasteiger partial charge in [0.15, 0.2) is 0 Å². The van der Waals surface area contributed by atoms with Gasteiger partial charge in [-0.15, -0.1) is 12.4 Å². The number of nitrogens with zero attached hydrogens (tertiary/aromatic N) is 1. The summed E-state index contributed by atoms with van der Waals surface area (Å²) in [5, 5.41) is 6.81. The third-order valence-electron chi connectivity index (χ3n) is 6.84. The first-order chi connectivity index (χ1) is 13.7. The number of hydrogen-bond acceptors (Lipinski definition) is 3. The highest BCUT2D eigenvalue weighted by molar-refractivity contribution is 5.85. The van der Waals surface area contributed by atoms with E-state index in [9.17, 15) is 9.59 Å². The van der Waals surface area contributed by atoms with Crippen molar-refractivity contribution in [1.29, 1.82) is 0 Å². The molecule has 1 aromatic carbocycles. The number of aryl methyl sites for hydroxylation is 1. The number of halogens is 1. The van der Waals surface area contributed by atoms with E-state index in [0.717, 1.165) is 38.8 Å². The zero-order chi connectivity index (χ0) is 19.3. The second-order valence-electron chi connectivity index (χ2n) is 8.76. The zero-order valence-electron chi connectivity index (χ0n) is 17.1. The fourth-order valence-corrected chi connectivity index (χ4v) is 5.15. The molecule has 2 amide bonds. The first-order valence-electron chi connectivity index (χ1n) is 11.1. The van der Waals surface area contributed by atoms with E-state index in [0.29, 0.717) is 18.4 Å². The molecule has 0 bridgehead atoms. The van der Waals surface area contributed by atoms with Crippen molar-refractivity contribution in [2.24, 2.45) is 5.92 Å². The van der Waals surface area contributed by atoms with Gasteiger partial charge in [-0.1, -0.05) is 43.2 Å². The summed E-state index contributed by atoms with van der Waals surface area (Å²) in [4.78, 5) is 27.1. The number of fused-ring (bicyclic) bond motifs is 1. The fourth-order valence-electron chi connectivity index (χ4n) is 5.15. The largest absolute Gasteiger partial charge is 0.352 e. The van der Waals surface area contributed by atoms with Crippen molar-refractivity contribution >= 4 is 24.2 Å². The average Bonchev–Trinajstić information content (AvgIpc) is 3.18. The van der Waals surface area contributed by atoms with Crippen LogP contribution in [-0.2, 0) is 16.0 Å². The molecule has 2 heterocycles. The van der Waals surface area contributed by atoms with E-state index >= 15 is 0 Å². The van der Waals surface area contributed by atoms with Crippen LogP contribution in [0.15, 0.2) is 30.3 Å². The van der Waals surface area contributed by atoms with E-state index in [1.54, 1.807) is 0 Å². The number of likely N-dealkylation sites (tertiary alicyclic amines) is 1. The molecule has 1 saturated carbocycles. The van der Waals surface area contributed by atoms with Crippen molar-refractivity contribution in [3.8, 4) is 0 Å². The minimum atomic E-state index is -0.0152. The number of carbonyl (C=O) groups excluding carboxylic acids is 2. The van der Waals surface area contributed by atoms with Crippen LogP contribution in [0, 0.1) is 5.92 Å². The van der Waals surface area contributed by atoms with E-state index in [4.69, 9.17) is 0 Å². The predicted octanol–water partition coefficient (Wildman–Crippen LogP) is 3.07. The van der Waals surface area contributed by atoms with Gasteiger partial charge in [0.05, 0.1) is 6.04 Å². The van der Waals surface area contributed by atoms with Gasteiger partial charge in [0, 0.05) is 31.6 Å². The van der Waals surface area contributed by atoms with Gasteiger partial charge in [-0.05, 0) is 50.0 Å². The highest BCUT2D eigenvalue weighted by atomic mass is 35.5. The standard InChI is InChI=1S/C23H33N3O2.ClH/c27-22(11-10-17-6-2-1-3-7-17)26-14-12-19(13-15-26)24-23(28)21-16-18-8-4-5-9-20(18)25-21;/h1-3,6-7,18-21,25H,4-5,8-16H2,(H,24,28);1H. The van der Waals surface area contributed by atoms with Gasteiger partial charge < -0.3 is 15.5 Å². The van der Waals surface area contributed by atoms with Gasteiger partial charge in [-0.3, -0.25) is 9.59 Å². The van der Waals surface area contributed by atoms with Gasteiger partial charge >= 0.3 is 0 Å². The Balaban J connectivity index is 0.00000240. The van der Waals surface area contributed by atoms with Crippen LogP contribution < -0.4 is 10.6 Å². The van der Waals surface area contributed by atoms with Gasteiger partial charge in [-0.2, -0.15) is 0 Å². The Kier molecular flexibility index (Phi) is 7.96. The maximum absolute atomic E-state index is 12.7. The lowest BCUT2D eigenvalue weighted by atomic mass is 9.85. The Bertz CT molecular complexity index is 662. The number of benzene rings is 1. The molecule has 2 N–H and O–H groups in total. The summed E-state index contributed by atoms with van der Waals surface area (Å²) in [6.07, 6.45) is 9.18. The summed E-state index contributed by atoms with van der Waals surface area (Å²) in [6, 6.07) is 10.9. The molecule has 3 atom stereocenters. The average molecular weight is 420 g/mol. The minimum absolute atomic E-state index is 0. The van der Waals surface area contributed by atoms with E-state index in [1.165, 1.54) is 31.2 Å². The lowest BCUT2D eigenvalue weighted by molar-refractivity contribution is -0.132. The highest BCUT2D eigenvalue weighted by Gasteiger charge is 2.38. The SMILES string of the molecule is Cl.O=C(NC1CCN(C(=O)CCc2ccccc2)CC1)C1CC2CCCCC2N1. The normalized spacial score (nSPS) is 27.0. The summed E-state index contributed by atoms with van der Waals surface area (Å²) in [5.41, 5.74) is 1.21. The molecule has 0 radical (unpaired) electrons. The Labute approximate surface area is 180 Å². The second kappa shape index (κ2) is 10.4. The molecule has 3 unspecified atom stereocenters. The maximum atomic E-state index is 12.7. The Morgan fingerprint density at radius 1 is 1.03 bits per heavy atom. The third kappa shape index (κ3) is 5.73. The predicted molar refractivity (Wildman–Crippen MR) is 117 cm³/mol. The Hall–Kier alpha value is -1.59. The van der Waals surface area contributed by atoms with Crippen molar-refractivity contribution in [3.63, 3.8) is 0 Å². The second-order valence-corrected chi connectivity index (χ2v) is 8.76. The van der Waals surface area contributed by atoms with Gasteiger partial charge in [0.1, 0.15) is 0 Å². The molecule has 1 aromatic rings. The molecule has 0 aromatic heterocycles. The van der Waals surface area contributed by atoms with Crippen molar-refractivity contribution < 1.29 is 9.59 Å². The molecule has 4 rings (SSSR count).